The van der Waals surface area contributed by atoms with Crippen LogP contribution in [-0.2, 0) is 10.2 Å². The number of benzene rings is 1. The minimum atomic E-state index is -0.326. The van der Waals surface area contributed by atoms with Crippen molar-refractivity contribution in [1.29, 1.82) is 0 Å². The highest BCUT2D eigenvalue weighted by molar-refractivity contribution is 5.73. The molecule has 0 spiro atoms. The van der Waals surface area contributed by atoms with Gasteiger partial charge in [0.25, 0.3) is 0 Å². The van der Waals surface area contributed by atoms with Crippen molar-refractivity contribution in [3.8, 4) is 0 Å². The lowest BCUT2D eigenvalue weighted by Crippen LogP contribution is -2.30. The lowest BCUT2D eigenvalue weighted by Gasteiger charge is -2.28. The molecular weight excluding hydrogens is 295 g/mol. The van der Waals surface area contributed by atoms with Crippen molar-refractivity contribution in [2.75, 3.05) is 18.5 Å². The summed E-state index contributed by atoms with van der Waals surface area (Å²) in [5.74, 6) is 0.763. The molecule has 2 aromatic rings. The number of aryl methyl sites for hydroxylation is 1. The number of hydrogen-bond acceptors (Lipinski definition) is 4. The van der Waals surface area contributed by atoms with Gasteiger partial charge in [0.15, 0.2) is 0 Å². The Labute approximate surface area is 135 Å². The highest BCUT2D eigenvalue weighted by Gasteiger charge is 2.40. The smallest absolute Gasteiger partial charge is 0.134 e. The molecule has 1 saturated heterocycles. The van der Waals surface area contributed by atoms with Gasteiger partial charge in [0.2, 0.25) is 0 Å². The minimum absolute atomic E-state index is 0.210. The molecule has 2 heterocycles. The summed E-state index contributed by atoms with van der Waals surface area (Å²) >= 11 is 0. The molecule has 0 unspecified atom stereocenters. The Balaban J connectivity index is 1.87. The number of nitrogens with zero attached hydrogens (tertiary/aromatic N) is 1. The summed E-state index contributed by atoms with van der Waals surface area (Å²) in [5.41, 5.74) is 2.36. The zero-order valence-corrected chi connectivity index (χ0v) is 13.6. The van der Waals surface area contributed by atoms with Crippen LogP contribution in [0.1, 0.15) is 30.9 Å². The van der Waals surface area contributed by atoms with Crippen molar-refractivity contribution in [3.05, 3.63) is 53.7 Å². The molecule has 1 aromatic carbocycles. The molecule has 1 N–H and O–H groups in total. The predicted octanol–water partition coefficient (Wildman–Crippen LogP) is 4.13. The number of ether oxygens (including phenoxy) is 1. The second-order valence-corrected chi connectivity index (χ2v) is 6.45. The third-order valence-electron chi connectivity index (χ3n) is 4.67. The molecule has 5 heteroatoms. The molecule has 0 bridgehead atoms. The molecule has 1 aliphatic rings. The molecule has 0 amide bonds. The Kier molecular flexibility index (Phi) is 3.98. The first-order chi connectivity index (χ1) is 10.9. The minimum Gasteiger partial charge on any atom is -0.380 e. The van der Waals surface area contributed by atoms with Crippen LogP contribution >= 0.6 is 0 Å². The average Bonchev–Trinajstić information content (AvgIpc) is 3.08. The predicted molar refractivity (Wildman–Crippen MR) is 87.6 cm³/mol. The van der Waals surface area contributed by atoms with Crippen molar-refractivity contribution in [2.45, 2.75) is 26.2 Å². The fourth-order valence-electron chi connectivity index (χ4n) is 2.90. The zero-order valence-electron chi connectivity index (χ0n) is 13.6. The van der Waals surface area contributed by atoms with Gasteiger partial charge in [0.05, 0.1) is 18.9 Å². The van der Waals surface area contributed by atoms with E-state index in [0.29, 0.717) is 35.9 Å². The van der Waals surface area contributed by atoms with Gasteiger partial charge in [-0.05, 0) is 36.6 Å². The number of nitrogens with one attached hydrogen (secondary N) is 1. The van der Waals surface area contributed by atoms with Crippen molar-refractivity contribution < 1.29 is 13.7 Å². The van der Waals surface area contributed by atoms with Crippen LogP contribution in [0.5, 0.6) is 0 Å². The highest BCUT2D eigenvalue weighted by Crippen LogP contribution is 2.39. The fraction of sp³-hybridized carbons (Fsp3) is 0.389. The van der Waals surface area contributed by atoms with Crippen LogP contribution in [0.15, 0.2) is 35.4 Å². The third kappa shape index (κ3) is 2.88. The normalized spacial score (nSPS) is 23.9. The van der Waals surface area contributed by atoms with E-state index in [1.807, 2.05) is 19.9 Å². The summed E-state index contributed by atoms with van der Waals surface area (Å²) in [7, 11) is 0. The van der Waals surface area contributed by atoms with Gasteiger partial charge in [-0.15, -0.1) is 0 Å². The van der Waals surface area contributed by atoms with Crippen LogP contribution in [-0.4, -0.2) is 18.4 Å². The van der Waals surface area contributed by atoms with E-state index in [-0.39, 0.29) is 17.2 Å². The van der Waals surface area contributed by atoms with Crippen LogP contribution in [0.3, 0.4) is 0 Å². The molecule has 23 heavy (non-hydrogen) atoms. The Bertz CT molecular complexity index is 740. The second-order valence-electron chi connectivity index (χ2n) is 6.45. The van der Waals surface area contributed by atoms with Crippen LogP contribution in [0, 0.1) is 18.7 Å². The maximum absolute atomic E-state index is 14.4. The van der Waals surface area contributed by atoms with E-state index in [9.17, 15) is 4.39 Å². The molecule has 1 aromatic heterocycles. The van der Waals surface area contributed by atoms with Gasteiger partial charge in [-0.2, -0.15) is 0 Å². The molecule has 2 atom stereocenters. The van der Waals surface area contributed by atoms with E-state index in [2.05, 4.69) is 24.0 Å². The number of aromatic nitrogens is 1. The monoisotopic (exact) mass is 316 g/mol. The average molecular weight is 316 g/mol. The topological polar surface area (TPSA) is 47.3 Å². The molecule has 4 nitrogen and oxygen atoms in total. The largest absolute Gasteiger partial charge is 0.380 e. The Morgan fingerprint density at radius 3 is 2.83 bits per heavy atom. The van der Waals surface area contributed by atoms with Gasteiger partial charge in [0.1, 0.15) is 17.3 Å². The molecule has 122 valence electrons. The molecule has 3 rings (SSSR count). The van der Waals surface area contributed by atoms with E-state index in [4.69, 9.17) is 9.26 Å². The van der Waals surface area contributed by atoms with Gasteiger partial charge in [-0.3, -0.25) is 0 Å². The van der Waals surface area contributed by atoms with Gasteiger partial charge in [-0.25, -0.2) is 4.39 Å². The first-order valence-electron chi connectivity index (χ1n) is 7.67. The van der Waals surface area contributed by atoms with E-state index >= 15 is 0 Å². The van der Waals surface area contributed by atoms with E-state index in [1.54, 1.807) is 12.1 Å². The SMILES string of the molecule is C=C(Nc1ccc(F)c([C@]2(C)COC[C@H]2C)c1)c1cc(C)on1. The maximum Gasteiger partial charge on any atom is 0.134 e. The molecule has 0 aliphatic carbocycles. The molecular formula is C18H21FN2O2. The quantitative estimate of drug-likeness (QED) is 0.921. The van der Waals surface area contributed by atoms with Gasteiger partial charge >= 0.3 is 0 Å². The molecule has 1 aliphatic heterocycles. The Morgan fingerprint density at radius 1 is 1.43 bits per heavy atom. The fourth-order valence-corrected chi connectivity index (χ4v) is 2.90. The van der Waals surface area contributed by atoms with Crippen LogP contribution in [0.2, 0.25) is 0 Å². The lowest BCUT2D eigenvalue weighted by molar-refractivity contribution is 0.177. The van der Waals surface area contributed by atoms with Crippen LogP contribution in [0.25, 0.3) is 5.70 Å². The van der Waals surface area contributed by atoms with Crippen molar-refractivity contribution in [2.24, 2.45) is 5.92 Å². The van der Waals surface area contributed by atoms with Crippen molar-refractivity contribution in [3.63, 3.8) is 0 Å². The number of halogens is 1. The number of anilines is 1. The van der Waals surface area contributed by atoms with Gasteiger partial charge in [-0.1, -0.05) is 25.6 Å². The van der Waals surface area contributed by atoms with Crippen LogP contribution in [0.4, 0.5) is 10.1 Å². The van der Waals surface area contributed by atoms with E-state index in [0.717, 1.165) is 5.69 Å². The maximum atomic E-state index is 14.4. The van der Waals surface area contributed by atoms with Gasteiger partial charge in [0, 0.05) is 17.2 Å². The first-order valence-corrected chi connectivity index (χ1v) is 7.67. The van der Waals surface area contributed by atoms with E-state index in [1.165, 1.54) is 6.07 Å². The highest BCUT2D eigenvalue weighted by atomic mass is 19.1. The number of rotatable bonds is 4. The lowest BCUT2D eigenvalue weighted by atomic mass is 9.75. The molecule has 0 saturated carbocycles. The standard InChI is InChI=1S/C18H21FN2O2/c1-11-9-22-10-18(11,4)15-8-14(5-6-16(15)19)20-13(3)17-7-12(2)23-21-17/h5-8,11,20H,3,9-10H2,1-2,4H3/t11-,18-/m1/s1. The summed E-state index contributed by atoms with van der Waals surface area (Å²) in [5, 5.41) is 7.09. The van der Waals surface area contributed by atoms with E-state index < -0.39 is 0 Å². The van der Waals surface area contributed by atoms with Crippen molar-refractivity contribution in [1.82, 2.24) is 5.16 Å². The van der Waals surface area contributed by atoms with Crippen LogP contribution < -0.4 is 5.32 Å². The van der Waals surface area contributed by atoms with Gasteiger partial charge < -0.3 is 14.6 Å². The Morgan fingerprint density at radius 2 is 2.22 bits per heavy atom. The molecule has 0 radical (unpaired) electrons. The number of hydrogen-bond donors (Lipinski definition) is 1. The first kappa shape index (κ1) is 15.7. The summed E-state index contributed by atoms with van der Waals surface area (Å²) in [4.78, 5) is 0. The second kappa shape index (κ2) is 5.81. The summed E-state index contributed by atoms with van der Waals surface area (Å²) in [6.07, 6.45) is 0. The zero-order chi connectivity index (χ0) is 16.6. The summed E-state index contributed by atoms with van der Waals surface area (Å²) < 4.78 is 25.0. The van der Waals surface area contributed by atoms with Crippen molar-refractivity contribution >= 4 is 11.4 Å². The third-order valence-corrected chi connectivity index (χ3v) is 4.67. The molecule has 1 fully saturated rings. The summed E-state index contributed by atoms with van der Waals surface area (Å²) in [6.45, 7) is 11.1. The Hall–Kier alpha value is -2.14. The summed E-state index contributed by atoms with van der Waals surface area (Å²) in [6, 6.07) is 6.81.